The van der Waals surface area contributed by atoms with Crippen LogP contribution in [0.4, 0.5) is 5.69 Å². The number of aliphatic hydroxyl groups is 1. The molecule has 0 saturated carbocycles. The van der Waals surface area contributed by atoms with Crippen molar-refractivity contribution in [1.82, 2.24) is 0 Å². The van der Waals surface area contributed by atoms with E-state index in [-0.39, 0.29) is 0 Å². The Morgan fingerprint density at radius 3 is 2.64 bits per heavy atom. The molecular formula is C11H17NO2. The molecule has 0 aliphatic rings. The lowest BCUT2D eigenvalue weighted by atomic mass is 10.1. The summed E-state index contributed by atoms with van der Waals surface area (Å²) < 4.78 is 5.48. The van der Waals surface area contributed by atoms with Crippen molar-refractivity contribution in [2.75, 3.05) is 12.3 Å². The highest BCUT2D eigenvalue weighted by Gasteiger charge is 2.07. The van der Waals surface area contributed by atoms with Gasteiger partial charge in [-0.3, -0.25) is 0 Å². The molecule has 14 heavy (non-hydrogen) atoms. The second kappa shape index (κ2) is 4.33. The highest BCUT2D eigenvalue weighted by Crippen LogP contribution is 2.27. The fraction of sp³-hybridized carbons (Fsp3) is 0.455. The summed E-state index contributed by atoms with van der Waals surface area (Å²) in [4.78, 5) is 0. The van der Waals surface area contributed by atoms with Gasteiger partial charge in [0.25, 0.3) is 0 Å². The lowest BCUT2D eigenvalue weighted by Crippen LogP contribution is -2.14. The van der Waals surface area contributed by atoms with Gasteiger partial charge in [0.15, 0.2) is 0 Å². The first-order chi connectivity index (χ1) is 6.52. The number of anilines is 1. The van der Waals surface area contributed by atoms with Gasteiger partial charge in [-0.05, 0) is 32.4 Å². The Morgan fingerprint density at radius 1 is 1.43 bits per heavy atom. The molecule has 1 atom stereocenters. The SMILES string of the molecule is Cc1ccc(N)c(C)c1OCC(C)O. The maximum absolute atomic E-state index is 9.11. The lowest BCUT2D eigenvalue weighted by Gasteiger charge is -2.14. The van der Waals surface area contributed by atoms with E-state index in [9.17, 15) is 0 Å². The van der Waals surface area contributed by atoms with Crippen LogP contribution in [0.3, 0.4) is 0 Å². The number of hydrogen-bond donors (Lipinski definition) is 2. The van der Waals surface area contributed by atoms with Crippen molar-refractivity contribution in [3.63, 3.8) is 0 Å². The van der Waals surface area contributed by atoms with Gasteiger partial charge >= 0.3 is 0 Å². The summed E-state index contributed by atoms with van der Waals surface area (Å²) in [5.41, 5.74) is 8.45. The summed E-state index contributed by atoms with van der Waals surface area (Å²) in [7, 11) is 0. The van der Waals surface area contributed by atoms with Gasteiger partial charge in [0.05, 0.1) is 6.10 Å². The van der Waals surface area contributed by atoms with Gasteiger partial charge < -0.3 is 15.6 Å². The zero-order valence-corrected chi connectivity index (χ0v) is 8.87. The van der Waals surface area contributed by atoms with Gasteiger partial charge in [0, 0.05) is 11.3 Å². The number of nitrogen functional groups attached to an aromatic ring is 1. The molecule has 0 fully saturated rings. The third kappa shape index (κ3) is 2.39. The third-order valence-corrected chi connectivity index (χ3v) is 2.11. The molecule has 3 nitrogen and oxygen atoms in total. The van der Waals surface area contributed by atoms with Crippen LogP contribution < -0.4 is 10.5 Å². The monoisotopic (exact) mass is 195 g/mol. The summed E-state index contributed by atoms with van der Waals surface area (Å²) in [6, 6.07) is 3.78. The smallest absolute Gasteiger partial charge is 0.127 e. The molecule has 0 radical (unpaired) electrons. The minimum atomic E-state index is -0.463. The molecule has 0 aromatic heterocycles. The van der Waals surface area contributed by atoms with E-state index in [1.165, 1.54) is 0 Å². The summed E-state index contributed by atoms with van der Waals surface area (Å²) in [6.07, 6.45) is -0.463. The van der Waals surface area contributed by atoms with E-state index in [0.29, 0.717) is 6.61 Å². The van der Waals surface area contributed by atoms with Crippen molar-refractivity contribution in [3.8, 4) is 5.75 Å². The molecule has 0 aliphatic heterocycles. The molecule has 0 heterocycles. The zero-order chi connectivity index (χ0) is 10.7. The van der Waals surface area contributed by atoms with Gasteiger partial charge in [-0.25, -0.2) is 0 Å². The minimum Gasteiger partial charge on any atom is -0.490 e. The Bertz CT molecular complexity index is 321. The zero-order valence-electron chi connectivity index (χ0n) is 8.87. The number of aryl methyl sites for hydroxylation is 1. The van der Waals surface area contributed by atoms with Gasteiger partial charge in [0.2, 0.25) is 0 Å². The Kier molecular flexibility index (Phi) is 3.36. The topological polar surface area (TPSA) is 55.5 Å². The van der Waals surface area contributed by atoms with Crippen LogP contribution in [0.25, 0.3) is 0 Å². The molecular weight excluding hydrogens is 178 g/mol. The van der Waals surface area contributed by atoms with E-state index in [2.05, 4.69) is 0 Å². The van der Waals surface area contributed by atoms with Crippen LogP contribution in [0, 0.1) is 13.8 Å². The van der Waals surface area contributed by atoms with E-state index in [0.717, 1.165) is 22.6 Å². The second-order valence-corrected chi connectivity index (χ2v) is 3.59. The molecule has 0 aliphatic carbocycles. The average Bonchev–Trinajstić information content (AvgIpc) is 2.11. The highest BCUT2D eigenvalue weighted by molar-refractivity contribution is 5.56. The predicted octanol–water partition coefficient (Wildman–Crippen LogP) is 1.65. The minimum absolute atomic E-state index is 0.297. The Morgan fingerprint density at radius 2 is 2.07 bits per heavy atom. The molecule has 0 amide bonds. The molecule has 0 saturated heterocycles. The van der Waals surface area contributed by atoms with Crippen molar-refractivity contribution in [2.24, 2.45) is 0 Å². The maximum Gasteiger partial charge on any atom is 0.127 e. The second-order valence-electron chi connectivity index (χ2n) is 3.59. The summed E-state index contributed by atoms with van der Waals surface area (Å²) >= 11 is 0. The van der Waals surface area contributed by atoms with Crippen molar-refractivity contribution < 1.29 is 9.84 Å². The summed E-state index contributed by atoms with van der Waals surface area (Å²) in [5.74, 6) is 0.783. The van der Waals surface area contributed by atoms with E-state index >= 15 is 0 Å². The van der Waals surface area contributed by atoms with Crippen LogP contribution in [0.5, 0.6) is 5.75 Å². The Balaban J connectivity index is 2.89. The van der Waals surface area contributed by atoms with Crippen molar-refractivity contribution >= 4 is 5.69 Å². The summed E-state index contributed by atoms with van der Waals surface area (Å²) in [6.45, 7) is 5.87. The van der Waals surface area contributed by atoms with E-state index in [1.54, 1.807) is 6.92 Å². The van der Waals surface area contributed by atoms with Crippen LogP contribution in [0.1, 0.15) is 18.1 Å². The van der Waals surface area contributed by atoms with Crippen molar-refractivity contribution in [1.29, 1.82) is 0 Å². The van der Waals surface area contributed by atoms with Crippen LogP contribution in [0.2, 0.25) is 0 Å². The van der Waals surface area contributed by atoms with Gasteiger partial charge in [-0.15, -0.1) is 0 Å². The molecule has 78 valence electrons. The first-order valence-corrected chi connectivity index (χ1v) is 4.69. The van der Waals surface area contributed by atoms with Crippen LogP contribution in [-0.2, 0) is 0 Å². The normalized spacial score (nSPS) is 12.6. The highest BCUT2D eigenvalue weighted by atomic mass is 16.5. The van der Waals surface area contributed by atoms with E-state index in [4.69, 9.17) is 15.6 Å². The third-order valence-electron chi connectivity index (χ3n) is 2.11. The molecule has 3 heteroatoms. The molecule has 1 aromatic rings. The van der Waals surface area contributed by atoms with Crippen LogP contribution in [-0.4, -0.2) is 17.8 Å². The number of nitrogens with two attached hydrogens (primary N) is 1. The summed E-state index contributed by atoms with van der Waals surface area (Å²) in [5, 5.41) is 9.11. The number of benzene rings is 1. The molecule has 0 spiro atoms. The lowest BCUT2D eigenvalue weighted by molar-refractivity contribution is 0.122. The fourth-order valence-corrected chi connectivity index (χ4v) is 1.27. The molecule has 3 N–H and O–H groups in total. The van der Waals surface area contributed by atoms with E-state index < -0.39 is 6.10 Å². The molecule has 1 rings (SSSR count). The quantitative estimate of drug-likeness (QED) is 0.721. The Hall–Kier alpha value is -1.22. The molecule has 1 aromatic carbocycles. The Labute approximate surface area is 84.5 Å². The number of aliphatic hydroxyl groups excluding tert-OH is 1. The standard InChI is InChI=1S/C11H17NO2/c1-7-4-5-10(12)9(3)11(7)14-6-8(2)13/h4-5,8,13H,6,12H2,1-3H3. The van der Waals surface area contributed by atoms with Crippen molar-refractivity contribution in [3.05, 3.63) is 23.3 Å². The van der Waals surface area contributed by atoms with E-state index in [1.807, 2.05) is 26.0 Å². The first kappa shape index (κ1) is 10.9. The largest absolute Gasteiger partial charge is 0.490 e. The van der Waals surface area contributed by atoms with Gasteiger partial charge in [-0.1, -0.05) is 6.07 Å². The number of ether oxygens (including phenoxy) is 1. The maximum atomic E-state index is 9.11. The average molecular weight is 195 g/mol. The first-order valence-electron chi connectivity index (χ1n) is 4.69. The number of hydrogen-bond acceptors (Lipinski definition) is 3. The number of rotatable bonds is 3. The predicted molar refractivity (Wildman–Crippen MR) is 57.5 cm³/mol. The van der Waals surface area contributed by atoms with Gasteiger partial charge in [-0.2, -0.15) is 0 Å². The van der Waals surface area contributed by atoms with Gasteiger partial charge in [0.1, 0.15) is 12.4 Å². The molecule has 1 unspecified atom stereocenters. The van der Waals surface area contributed by atoms with Crippen LogP contribution >= 0.6 is 0 Å². The fourth-order valence-electron chi connectivity index (χ4n) is 1.27. The van der Waals surface area contributed by atoms with Crippen molar-refractivity contribution in [2.45, 2.75) is 26.9 Å². The van der Waals surface area contributed by atoms with Crippen LogP contribution in [0.15, 0.2) is 12.1 Å². The molecule has 0 bridgehead atoms.